The number of nitrogens with two attached hydrogens (primary N) is 1. The molecule has 0 radical (unpaired) electrons. The molecule has 38 heavy (non-hydrogen) atoms. The third-order valence-electron chi connectivity index (χ3n) is 5.27. The molecule has 202 valence electrons. The predicted molar refractivity (Wildman–Crippen MR) is 137 cm³/mol. The molecule has 0 fully saturated rings. The maximum absolute atomic E-state index is 12.8. The van der Waals surface area contributed by atoms with E-state index in [0.29, 0.717) is 12.0 Å². The normalized spacial score (nSPS) is 11.9. The van der Waals surface area contributed by atoms with Gasteiger partial charge in [0.2, 0.25) is 18.2 Å². The van der Waals surface area contributed by atoms with E-state index in [-0.39, 0.29) is 36.5 Å². The first-order chi connectivity index (χ1) is 18.1. The molecule has 0 aliphatic heterocycles. The SMILES string of the molecule is CC(CN(C(=O)CN)c1ccccc1N(C=O)CC(=O)NC(C=O)CC(=O)O)NC(=O)c1ccc(O)cc1. The number of nitrogens with zero attached hydrogens (tertiary/aromatic N) is 2. The monoisotopic (exact) mass is 527 g/mol. The summed E-state index contributed by atoms with van der Waals surface area (Å²) in [5.41, 5.74) is 6.30. The number of rotatable bonds is 14. The fraction of sp³-hybridized carbons (Fsp3) is 0.280. The number of aldehydes is 1. The Hall–Kier alpha value is -4.78. The van der Waals surface area contributed by atoms with Crippen LogP contribution < -0.4 is 26.2 Å². The lowest BCUT2D eigenvalue weighted by Gasteiger charge is -2.30. The van der Waals surface area contributed by atoms with E-state index in [1.807, 2.05) is 0 Å². The maximum Gasteiger partial charge on any atom is 0.305 e. The van der Waals surface area contributed by atoms with E-state index in [1.165, 1.54) is 41.3 Å². The van der Waals surface area contributed by atoms with Crippen LogP contribution in [0.4, 0.5) is 11.4 Å². The van der Waals surface area contributed by atoms with E-state index >= 15 is 0 Å². The summed E-state index contributed by atoms with van der Waals surface area (Å²) in [7, 11) is 0. The summed E-state index contributed by atoms with van der Waals surface area (Å²) in [6, 6.07) is 9.94. The van der Waals surface area contributed by atoms with Crippen LogP contribution in [-0.4, -0.2) is 78.3 Å². The summed E-state index contributed by atoms with van der Waals surface area (Å²) in [5, 5.41) is 23.2. The van der Waals surface area contributed by atoms with E-state index in [9.17, 15) is 33.9 Å². The van der Waals surface area contributed by atoms with Crippen LogP contribution in [0.25, 0.3) is 0 Å². The van der Waals surface area contributed by atoms with Crippen molar-refractivity contribution in [2.45, 2.75) is 25.4 Å². The predicted octanol–water partition coefficient (Wildman–Crippen LogP) is -0.376. The highest BCUT2D eigenvalue weighted by Crippen LogP contribution is 2.29. The first kappa shape index (κ1) is 29.5. The molecule has 0 spiro atoms. The van der Waals surface area contributed by atoms with Crippen molar-refractivity contribution in [3.05, 3.63) is 54.1 Å². The van der Waals surface area contributed by atoms with Gasteiger partial charge < -0.3 is 41.2 Å². The average Bonchev–Trinajstić information content (AvgIpc) is 2.89. The number of para-hydroxylation sites is 2. The zero-order chi connectivity index (χ0) is 28.2. The number of hydrogen-bond donors (Lipinski definition) is 5. The second kappa shape index (κ2) is 14.1. The number of hydrogen-bond acceptors (Lipinski definition) is 8. The topological polar surface area (TPSA) is 199 Å². The van der Waals surface area contributed by atoms with Crippen LogP contribution >= 0.6 is 0 Å². The molecular formula is C25H29N5O8. The van der Waals surface area contributed by atoms with Crippen molar-refractivity contribution >= 4 is 47.8 Å². The van der Waals surface area contributed by atoms with Crippen molar-refractivity contribution in [1.82, 2.24) is 10.6 Å². The Morgan fingerprint density at radius 2 is 1.63 bits per heavy atom. The lowest BCUT2D eigenvalue weighted by atomic mass is 10.1. The lowest BCUT2D eigenvalue weighted by molar-refractivity contribution is -0.138. The van der Waals surface area contributed by atoms with E-state index in [4.69, 9.17) is 10.8 Å². The second-order valence-corrected chi connectivity index (χ2v) is 8.26. The summed E-state index contributed by atoms with van der Waals surface area (Å²) in [4.78, 5) is 73.9. The highest BCUT2D eigenvalue weighted by Gasteiger charge is 2.25. The molecule has 13 heteroatoms. The number of aliphatic carboxylic acids is 1. The molecule has 2 rings (SSSR count). The molecule has 4 amide bonds. The zero-order valence-corrected chi connectivity index (χ0v) is 20.6. The number of phenols is 1. The zero-order valence-electron chi connectivity index (χ0n) is 20.6. The van der Waals surface area contributed by atoms with Gasteiger partial charge in [-0.3, -0.25) is 24.0 Å². The molecule has 0 heterocycles. The van der Waals surface area contributed by atoms with Crippen LogP contribution in [0.3, 0.4) is 0 Å². The van der Waals surface area contributed by atoms with Crippen molar-refractivity contribution < 1.29 is 39.0 Å². The molecule has 2 aromatic rings. The van der Waals surface area contributed by atoms with Gasteiger partial charge in [-0.2, -0.15) is 0 Å². The Morgan fingerprint density at radius 1 is 1.00 bits per heavy atom. The van der Waals surface area contributed by atoms with Crippen LogP contribution in [-0.2, 0) is 24.0 Å². The Balaban J connectivity index is 2.25. The van der Waals surface area contributed by atoms with Crippen molar-refractivity contribution in [3.8, 4) is 5.75 Å². The van der Waals surface area contributed by atoms with E-state index < -0.39 is 48.7 Å². The largest absolute Gasteiger partial charge is 0.508 e. The molecule has 2 unspecified atom stereocenters. The number of carboxylic acids is 1. The van der Waals surface area contributed by atoms with Crippen LogP contribution in [0.5, 0.6) is 5.75 Å². The van der Waals surface area contributed by atoms with Gasteiger partial charge >= 0.3 is 5.97 Å². The molecule has 0 bridgehead atoms. The van der Waals surface area contributed by atoms with Crippen LogP contribution in [0.1, 0.15) is 23.7 Å². The van der Waals surface area contributed by atoms with E-state index in [0.717, 1.165) is 4.90 Å². The molecule has 0 aliphatic carbocycles. The van der Waals surface area contributed by atoms with Gasteiger partial charge in [-0.25, -0.2) is 0 Å². The molecule has 0 aromatic heterocycles. The number of phenolic OH excluding ortho intramolecular Hbond substituents is 1. The van der Waals surface area contributed by atoms with Gasteiger partial charge in [-0.1, -0.05) is 12.1 Å². The maximum atomic E-state index is 12.8. The Labute approximate surface area is 218 Å². The number of benzene rings is 2. The van der Waals surface area contributed by atoms with Crippen LogP contribution in [0.2, 0.25) is 0 Å². The second-order valence-electron chi connectivity index (χ2n) is 8.26. The van der Waals surface area contributed by atoms with Crippen molar-refractivity contribution in [1.29, 1.82) is 0 Å². The first-order valence-electron chi connectivity index (χ1n) is 11.5. The smallest absolute Gasteiger partial charge is 0.305 e. The Bertz CT molecular complexity index is 1170. The molecule has 0 aliphatic rings. The van der Waals surface area contributed by atoms with Gasteiger partial charge in [0.1, 0.15) is 18.6 Å². The molecule has 13 nitrogen and oxygen atoms in total. The van der Waals surface area contributed by atoms with Gasteiger partial charge in [-0.15, -0.1) is 0 Å². The number of aromatic hydroxyl groups is 1. The van der Waals surface area contributed by atoms with Crippen LogP contribution in [0.15, 0.2) is 48.5 Å². The van der Waals surface area contributed by atoms with Gasteiger partial charge in [0, 0.05) is 18.2 Å². The Kier molecular flexibility index (Phi) is 10.9. The number of carbonyl (C=O) groups excluding carboxylic acids is 5. The minimum Gasteiger partial charge on any atom is -0.508 e. The molecule has 2 aromatic carbocycles. The van der Waals surface area contributed by atoms with Gasteiger partial charge in [0.05, 0.1) is 30.4 Å². The summed E-state index contributed by atoms with van der Waals surface area (Å²) < 4.78 is 0. The molecule has 2 atom stereocenters. The van der Waals surface area contributed by atoms with Crippen molar-refractivity contribution in [2.75, 3.05) is 29.4 Å². The molecule has 0 saturated heterocycles. The average molecular weight is 528 g/mol. The molecule has 6 N–H and O–H groups in total. The third kappa shape index (κ3) is 8.41. The summed E-state index contributed by atoms with van der Waals surface area (Å²) in [6.07, 6.45) is 0.00676. The minimum absolute atomic E-state index is 0.00269. The number of carbonyl (C=O) groups is 6. The number of amides is 4. The molecule has 0 saturated carbocycles. The van der Waals surface area contributed by atoms with E-state index in [1.54, 1.807) is 19.1 Å². The standard InChI is InChI=1S/C25H29N5O8/c1-16(27-25(38)17-6-8-19(33)9-7-17)12-30(23(35)11-26)21-5-3-2-4-20(21)29(15-32)13-22(34)28-18(14-31)10-24(36)37/h2-9,14-16,18,33H,10-13,26H2,1H3,(H,27,38)(H,28,34)(H,36,37). The fourth-order valence-corrected chi connectivity index (χ4v) is 3.53. The summed E-state index contributed by atoms with van der Waals surface area (Å²) in [6.45, 7) is 0.666. The molecular weight excluding hydrogens is 498 g/mol. The minimum atomic E-state index is -1.29. The first-order valence-corrected chi connectivity index (χ1v) is 11.5. The van der Waals surface area contributed by atoms with Gasteiger partial charge in [0.25, 0.3) is 5.91 Å². The van der Waals surface area contributed by atoms with Crippen LogP contribution in [0, 0.1) is 0 Å². The van der Waals surface area contributed by atoms with Crippen molar-refractivity contribution in [2.24, 2.45) is 5.73 Å². The number of carboxylic acid groups (broad SMARTS) is 1. The van der Waals surface area contributed by atoms with Gasteiger partial charge in [0.15, 0.2) is 0 Å². The van der Waals surface area contributed by atoms with E-state index in [2.05, 4.69) is 10.6 Å². The highest BCUT2D eigenvalue weighted by molar-refractivity contribution is 6.01. The number of anilines is 2. The quantitative estimate of drug-likeness (QED) is 0.203. The summed E-state index contributed by atoms with van der Waals surface area (Å²) >= 11 is 0. The highest BCUT2D eigenvalue weighted by atomic mass is 16.4. The number of nitrogens with one attached hydrogen (secondary N) is 2. The Morgan fingerprint density at radius 3 is 2.18 bits per heavy atom. The summed E-state index contributed by atoms with van der Waals surface area (Å²) in [5.74, 6) is -3.05. The van der Waals surface area contributed by atoms with Crippen molar-refractivity contribution in [3.63, 3.8) is 0 Å². The third-order valence-corrected chi connectivity index (χ3v) is 5.27. The fourth-order valence-electron chi connectivity index (χ4n) is 3.53. The van der Waals surface area contributed by atoms with Gasteiger partial charge in [-0.05, 0) is 43.3 Å². The lowest BCUT2D eigenvalue weighted by Crippen LogP contribution is -2.47.